The summed E-state index contributed by atoms with van der Waals surface area (Å²) in [6.07, 6.45) is 3.37. The van der Waals surface area contributed by atoms with Crippen LogP contribution in [0.3, 0.4) is 0 Å². The zero-order valence-electron chi connectivity index (χ0n) is 14.7. The number of hydrogen-bond acceptors (Lipinski definition) is 3. The van der Waals surface area contributed by atoms with Gasteiger partial charge in [-0.05, 0) is 48.9 Å². The molecule has 0 aliphatic rings. The van der Waals surface area contributed by atoms with Crippen LogP contribution >= 0.6 is 11.6 Å². The van der Waals surface area contributed by atoms with Crippen LogP contribution in [0.1, 0.15) is 21.7 Å². The molecule has 0 saturated heterocycles. The van der Waals surface area contributed by atoms with Crippen molar-refractivity contribution in [1.82, 2.24) is 14.5 Å². The summed E-state index contributed by atoms with van der Waals surface area (Å²) in [6, 6.07) is 17.2. The van der Waals surface area contributed by atoms with Gasteiger partial charge in [0.25, 0.3) is 5.91 Å². The lowest BCUT2D eigenvalue weighted by molar-refractivity contribution is 0.102. The lowest BCUT2D eigenvalue weighted by Crippen LogP contribution is -2.12. The van der Waals surface area contributed by atoms with Gasteiger partial charge in [0.1, 0.15) is 5.69 Å². The summed E-state index contributed by atoms with van der Waals surface area (Å²) >= 11 is 6.01. The number of carbonyl (C=O) groups is 1. The average molecular weight is 377 g/mol. The molecule has 2 heterocycles. The number of halogens is 1. The first-order valence-corrected chi connectivity index (χ1v) is 8.90. The fourth-order valence-electron chi connectivity index (χ4n) is 2.91. The minimum absolute atomic E-state index is 0.251. The van der Waals surface area contributed by atoms with Crippen molar-refractivity contribution >= 4 is 34.1 Å². The largest absolute Gasteiger partial charge is 0.332 e. The van der Waals surface area contributed by atoms with E-state index in [0.717, 1.165) is 22.2 Å². The van der Waals surface area contributed by atoms with Gasteiger partial charge in [0.15, 0.2) is 0 Å². The Balaban J connectivity index is 1.48. The molecule has 1 N–H and O–H groups in total. The number of aryl methyl sites for hydroxylation is 1. The molecule has 0 bridgehead atoms. The second-order valence-electron chi connectivity index (χ2n) is 6.38. The van der Waals surface area contributed by atoms with Crippen molar-refractivity contribution in [3.05, 3.63) is 89.1 Å². The Morgan fingerprint density at radius 1 is 1.15 bits per heavy atom. The van der Waals surface area contributed by atoms with Crippen molar-refractivity contribution < 1.29 is 4.79 Å². The van der Waals surface area contributed by atoms with Crippen molar-refractivity contribution in [2.75, 3.05) is 5.32 Å². The molecular formula is C21H17ClN4O. The molecule has 0 atom stereocenters. The Kier molecular flexibility index (Phi) is 4.60. The van der Waals surface area contributed by atoms with Gasteiger partial charge in [-0.25, -0.2) is 4.98 Å². The smallest absolute Gasteiger partial charge is 0.275 e. The molecule has 2 aromatic carbocycles. The van der Waals surface area contributed by atoms with E-state index in [9.17, 15) is 4.79 Å². The van der Waals surface area contributed by atoms with E-state index < -0.39 is 0 Å². The van der Waals surface area contributed by atoms with Crippen molar-refractivity contribution in [1.29, 1.82) is 0 Å². The molecule has 0 fully saturated rings. The number of carbonyl (C=O) groups excluding carboxylic acids is 1. The summed E-state index contributed by atoms with van der Waals surface area (Å²) in [6.45, 7) is 2.55. The van der Waals surface area contributed by atoms with E-state index in [1.807, 2.05) is 66.1 Å². The summed E-state index contributed by atoms with van der Waals surface area (Å²) in [5, 5.41) is 4.55. The molecule has 4 rings (SSSR count). The van der Waals surface area contributed by atoms with Gasteiger partial charge < -0.3 is 9.88 Å². The fourth-order valence-corrected chi connectivity index (χ4v) is 3.12. The Labute approximate surface area is 161 Å². The van der Waals surface area contributed by atoms with Crippen LogP contribution in [0.25, 0.3) is 10.9 Å². The molecule has 5 nitrogen and oxygen atoms in total. The first kappa shape index (κ1) is 17.2. The van der Waals surface area contributed by atoms with Gasteiger partial charge in [0.2, 0.25) is 0 Å². The zero-order chi connectivity index (χ0) is 18.8. The highest BCUT2D eigenvalue weighted by Crippen LogP contribution is 2.19. The summed E-state index contributed by atoms with van der Waals surface area (Å²) < 4.78 is 1.85. The molecule has 0 unspecified atom stereocenters. The number of aromatic nitrogens is 3. The quantitative estimate of drug-likeness (QED) is 0.562. The highest BCUT2D eigenvalue weighted by atomic mass is 35.5. The Morgan fingerprint density at radius 2 is 2.04 bits per heavy atom. The highest BCUT2D eigenvalue weighted by Gasteiger charge is 2.10. The van der Waals surface area contributed by atoms with Crippen LogP contribution < -0.4 is 5.32 Å². The van der Waals surface area contributed by atoms with Crippen molar-refractivity contribution in [3.63, 3.8) is 0 Å². The zero-order valence-corrected chi connectivity index (χ0v) is 15.4. The summed E-state index contributed by atoms with van der Waals surface area (Å²) in [5.74, 6) is -0.251. The van der Waals surface area contributed by atoms with E-state index in [2.05, 4.69) is 15.3 Å². The maximum absolute atomic E-state index is 12.5. The molecule has 27 heavy (non-hydrogen) atoms. The average Bonchev–Trinajstić information content (AvgIpc) is 3.10. The SMILES string of the molecule is Cc1ccc2cc(NC(=O)c3cn(Cc4cccc(Cl)c4)cn3)ccc2n1. The molecule has 0 radical (unpaired) electrons. The Morgan fingerprint density at radius 3 is 2.89 bits per heavy atom. The number of imidazole rings is 1. The first-order chi connectivity index (χ1) is 13.1. The standard InChI is InChI=1S/C21H17ClN4O/c1-14-5-6-16-10-18(7-8-19(16)24-14)25-21(27)20-12-26(13-23-20)11-15-3-2-4-17(22)9-15/h2-10,12-13H,11H2,1H3,(H,25,27). The molecule has 134 valence electrons. The molecule has 4 aromatic rings. The second kappa shape index (κ2) is 7.21. The third kappa shape index (κ3) is 3.99. The van der Waals surface area contributed by atoms with E-state index in [0.29, 0.717) is 22.9 Å². The molecule has 1 amide bonds. The van der Waals surface area contributed by atoms with Gasteiger partial charge in [-0.3, -0.25) is 9.78 Å². The van der Waals surface area contributed by atoms with Crippen LogP contribution in [0, 0.1) is 6.92 Å². The van der Waals surface area contributed by atoms with Gasteiger partial charge in [-0.15, -0.1) is 0 Å². The van der Waals surface area contributed by atoms with Crippen LogP contribution in [-0.2, 0) is 6.54 Å². The number of nitrogens with zero attached hydrogens (tertiary/aromatic N) is 3. The summed E-state index contributed by atoms with van der Waals surface area (Å²) in [7, 11) is 0. The molecule has 0 aliphatic carbocycles. The van der Waals surface area contributed by atoms with Gasteiger partial charge in [0, 0.05) is 34.5 Å². The Hall–Kier alpha value is -3.18. The van der Waals surface area contributed by atoms with Crippen LogP contribution in [-0.4, -0.2) is 20.4 Å². The molecule has 6 heteroatoms. The predicted octanol–water partition coefficient (Wildman–Crippen LogP) is 4.69. The van der Waals surface area contributed by atoms with E-state index in [-0.39, 0.29) is 5.91 Å². The summed E-state index contributed by atoms with van der Waals surface area (Å²) in [5.41, 5.74) is 3.98. The number of fused-ring (bicyclic) bond motifs is 1. The number of nitrogens with one attached hydrogen (secondary N) is 1. The number of amides is 1. The second-order valence-corrected chi connectivity index (χ2v) is 6.81. The van der Waals surface area contributed by atoms with Crippen LogP contribution in [0.15, 0.2) is 67.1 Å². The number of anilines is 1. The minimum atomic E-state index is -0.251. The molecule has 0 spiro atoms. The van der Waals surface area contributed by atoms with Gasteiger partial charge in [0.05, 0.1) is 11.8 Å². The number of benzene rings is 2. The van der Waals surface area contributed by atoms with E-state index in [4.69, 9.17) is 11.6 Å². The van der Waals surface area contributed by atoms with E-state index >= 15 is 0 Å². The first-order valence-electron chi connectivity index (χ1n) is 8.52. The lowest BCUT2D eigenvalue weighted by Gasteiger charge is -2.05. The number of rotatable bonds is 4. The third-order valence-corrected chi connectivity index (χ3v) is 4.44. The summed E-state index contributed by atoms with van der Waals surface area (Å²) in [4.78, 5) is 21.2. The number of pyridine rings is 1. The van der Waals surface area contributed by atoms with E-state index in [1.165, 1.54) is 0 Å². The van der Waals surface area contributed by atoms with Gasteiger partial charge in [-0.1, -0.05) is 29.8 Å². The van der Waals surface area contributed by atoms with Crippen LogP contribution in [0.2, 0.25) is 5.02 Å². The predicted molar refractivity (Wildman–Crippen MR) is 107 cm³/mol. The van der Waals surface area contributed by atoms with Crippen molar-refractivity contribution in [3.8, 4) is 0 Å². The molecule has 0 saturated carbocycles. The normalized spacial score (nSPS) is 10.9. The van der Waals surface area contributed by atoms with Crippen molar-refractivity contribution in [2.24, 2.45) is 0 Å². The van der Waals surface area contributed by atoms with Crippen LogP contribution in [0.4, 0.5) is 5.69 Å². The maximum Gasteiger partial charge on any atom is 0.275 e. The molecular weight excluding hydrogens is 360 g/mol. The highest BCUT2D eigenvalue weighted by molar-refractivity contribution is 6.30. The third-order valence-electron chi connectivity index (χ3n) is 4.21. The molecule has 2 aromatic heterocycles. The lowest BCUT2D eigenvalue weighted by atomic mass is 10.2. The van der Waals surface area contributed by atoms with Gasteiger partial charge in [-0.2, -0.15) is 0 Å². The fraction of sp³-hybridized carbons (Fsp3) is 0.0952. The van der Waals surface area contributed by atoms with Gasteiger partial charge >= 0.3 is 0 Å². The Bertz CT molecular complexity index is 1140. The monoisotopic (exact) mass is 376 g/mol. The van der Waals surface area contributed by atoms with Crippen LogP contribution in [0.5, 0.6) is 0 Å². The molecule has 0 aliphatic heterocycles. The topological polar surface area (TPSA) is 59.8 Å². The minimum Gasteiger partial charge on any atom is -0.332 e. The van der Waals surface area contributed by atoms with Crippen molar-refractivity contribution in [2.45, 2.75) is 13.5 Å². The van der Waals surface area contributed by atoms with E-state index in [1.54, 1.807) is 12.5 Å². The number of hydrogen-bond donors (Lipinski definition) is 1. The maximum atomic E-state index is 12.5.